The quantitative estimate of drug-likeness (QED) is 0.480. The van der Waals surface area contributed by atoms with Crippen molar-refractivity contribution in [2.24, 2.45) is 4.99 Å². The van der Waals surface area contributed by atoms with Gasteiger partial charge in [-0.2, -0.15) is 0 Å². The molecule has 0 bridgehead atoms. The molecule has 0 saturated carbocycles. The van der Waals surface area contributed by atoms with E-state index in [9.17, 15) is 0 Å². The molecule has 1 aromatic carbocycles. The van der Waals surface area contributed by atoms with E-state index in [2.05, 4.69) is 22.9 Å². The van der Waals surface area contributed by atoms with E-state index in [1.54, 1.807) is 0 Å². The van der Waals surface area contributed by atoms with Crippen LogP contribution < -0.4 is 5.32 Å². The number of aliphatic imine (C=N–C) groups is 1. The molecule has 0 aliphatic carbocycles. The van der Waals surface area contributed by atoms with Crippen molar-refractivity contribution in [2.45, 2.75) is 5.50 Å². The molecule has 1 aliphatic heterocycles. The van der Waals surface area contributed by atoms with Gasteiger partial charge in [-0.25, -0.2) is 0 Å². The Kier molecular flexibility index (Phi) is 4.29. The summed E-state index contributed by atoms with van der Waals surface area (Å²) in [6, 6.07) is 8.02. The molecule has 1 aromatic rings. The van der Waals surface area contributed by atoms with E-state index in [1.165, 1.54) is 0 Å². The number of rotatable bonds is 0. The van der Waals surface area contributed by atoms with Gasteiger partial charge in [0.05, 0.1) is 0 Å². The Morgan fingerprint density at radius 1 is 1.33 bits per heavy atom. The van der Waals surface area contributed by atoms with Crippen LogP contribution in [0, 0.1) is 0 Å². The predicted molar refractivity (Wildman–Crippen MR) is 57.6 cm³/mol. The number of nitrogens with one attached hydrogen (secondary N) is 1. The topological polar surface area (TPSA) is 24.4 Å². The average molecular weight is 204 g/mol. The third-order valence-electron chi connectivity index (χ3n) is 1.60. The molecule has 1 unspecified atom stereocenters. The van der Waals surface area contributed by atoms with Crippen LogP contribution in [0.2, 0.25) is 0 Å². The SMILES string of the molecule is SC1N=Cc2ccccc2N1.[KH]. The van der Waals surface area contributed by atoms with Gasteiger partial charge in [-0.1, -0.05) is 18.2 Å². The fourth-order valence-corrected chi connectivity index (χ4v) is 1.27. The number of hydrogen-bond acceptors (Lipinski definition) is 3. The summed E-state index contributed by atoms with van der Waals surface area (Å²) in [5, 5.41) is 3.13. The van der Waals surface area contributed by atoms with Gasteiger partial charge in [0.15, 0.2) is 5.50 Å². The van der Waals surface area contributed by atoms with E-state index < -0.39 is 0 Å². The predicted octanol–water partition coefficient (Wildman–Crippen LogP) is 1.10. The summed E-state index contributed by atoms with van der Waals surface area (Å²) in [4.78, 5) is 4.10. The van der Waals surface area contributed by atoms with Crippen molar-refractivity contribution < 1.29 is 0 Å². The summed E-state index contributed by atoms with van der Waals surface area (Å²) >= 11 is 4.18. The number of benzene rings is 1. The molecule has 2 rings (SSSR count). The molecule has 0 radical (unpaired) electrons. The summed E-state index contributed by atoms with van der Waals surface area (Å²) in [6.45, 7) is 0. The van der Waals surface area contributed by atoms with Gasteiger partial charge in [0.1, 0.15) is 0 Å². The molecule has 1 aliphatic rings. The number of anilines is 1. The molecule has 0 saturated heterocycles. The molecule has 0 aromatic heterocycles. The molecule has 0 spiro atoms. The van der Waals surface area contributed by atoms with Gasteiger partial charge in [-0.15, -0.1) is 12.6 Å². The fourth-order valence-electron chi connectivity index (χ4n) is 1.07. The van der Waals surface area contributed by atoms with Gasteiger partial charge < -0.3 is 5.32 Å². The maximum absolute atomic E-state index is 4.18. The molecular formula is C8H9KN2S. The second kappa shape index (κ2) is 4.79. The van der Waals surface area contributed by atoms with E-state index >= 15 is 0 Å². The standard InChI is InChI=1S/C8H8N2S.K.H/c11-8-9-5-6-3-1-2-4-7(6)10-8;;/h1-5,8,10-11H;;. The van der Waals surface area contributed by atoms with Crippen molar-refractivity contribution in [3.05, 3.63) is 29.8 Å². The molecule has 1 heterocycles. The maximum atomic E-state index is 4.18. The van der Waals surface area contributed by atoms with Crippen LogP contribution in [0.1, 0.15) is 5.56 Å². The first kappa shape index (κ1) is 10.8. The van der Waals surface area contributed by atoms with E-state index in [0.29, 0.717) is 0 Å². The van der Waals surface area contributed by atoms with Gasteiger partial charge >= 0.3 is 51.4 Å². The molecular weight excluding hydrogens is 195 g/mol. The first-order valence-electron chi connectivity index (χ1n) is 3.43. The van der Waals surface area contributed by atoms with Crippen molar-refractivity contribution in [2.75, 3.05) is 5.32 Å². The van der Waals surface area contributed by atoms with Crippen LogP contribution in [-0.2, 0) is 0 Å². The van der Waals surface area contributed by atoms with E-state index in [1.807, 2.05) is 30.5 Å². The average Bonchev–Trinajstić information content (AvgIpc) is 2.04. The van der Waals surface area contributed by atoms with Gasteiger partial charge in [0.25, 0.3) is 0 Å². The molecule has 0 amide bonds. The zero-order chi connectivity index (χ0) is 7.68. The second-order valence-electron chi connectivity index (χ2n) is 2.38. The number of thiol groups is 1. The Bertz CT molecular complexity index is 301. The molecule has 1 atom stereocenters. The molecule has 2 nitrogen and oxygen atoms in total. The van der Waals surface area contributed by atoms with Crippen LogP contribution in [-0.4, -0.2) is 63.1 Å². The van der Waals surface area contributed by atoms with Crippen LogP contribution >= 0.6 is 12.6 Å². The van der Waals surface area contributed by atoms with Crippen LogP contribution in [0.3, 0.4) is 0 Å². The van der Waals surface area contributed by atoms with Crippen LogP contribution in [0.4, 0.5) is 5.69 Å². The molecule has 12 heavy (non-hydrogen) atoms. The number of fused-ring (bicyclic) bond motifs is 1. The van der Waals surface area contributed by atoms with E-state index in [0.717, 1.165) is 11.3 Å². The van der Waals surface area contributed by atoms with Gasteiger partial charge in [0.2, 0.25) is 0 Å². The molecule has 0 fully saturated rings. The number of para-hydroxylation sites is 1. The zero-order valence-electron chi connectivity index (χ0n) is 5.86. The van der Waals surface area contributed by atoms with Gasteiger partial charge in [0, 0.05) is 17.5 Å². The Labute approximate surface area is 120 Å². The first-order valence-corrected chi connectivity index (χ1v) is 3.95. The van der Waals surface area contributed by atoms with Crippen LogP contribution in [0.15, 0.2) is 29.3 Å². The fraction of sp³-hybridized carbons (Fsp3) is 0.125. The minimum absolute atomic E-state index is 0. The monoisotopic (exact) mass is 204 g/mol. The summed E-state index contributed by atoms with van der Waals surface area (Å²) in [6.07, 6.45) is 1.84. The van der Waals surface area contributed by atoms with Crippen molar-refractivity contribution in [3.8, 4) is 0 Å². The van der Waals surface area contributed by atoms with Crippen molar-refractivity contribution in [1.29, 1.82) is 0 Å². The van der Waals surface area contributed by atoms with Crippen molar-refractivity contribution >= 4 is 75.9 Å². The van der Waals surface area contributed by atoms with Crippen LogP contribution in [0.25, 0.3) is 0 Å². The Balaban J connectivity index is 0.000000720. The summed E-state index contributed by atoms with van der Waals surface area (Å²) in [5.74, 6) is 0. The zero-order valence-corrected chi connectivity index (χ0v) is 6.75. The summed E-state index contributed by atoms with van der Waals surface area (Å²) in [7, 11) is 0. The Morgan fingerprint density at radius 2 is 2.08 bits per heavy atom. The van der Waals surface area contributed by atoms with E-state index in [4.69, 9.17) is 0 Å². The summed E-state index contributed by atoms with van der Waals surface area (Å²) < 4.78 is 0. The van der Waals surface area contributed by atoms with Gasteiger partial charge in [-0.05, 0) is 6.07 Å². The normalized spacial score (nSPS) is 18.9. The van der Waals surface area contributed by atoms with Crippen molar-refractivity contribution in [3.63, 3.8) is 0 Å². The Hall–Kier alpha value is 0.676. The Morgan fingerprint density at radius 3 is 2.92 bits per heavy atom. The number of hydrogen-bond donors (Lipinski definition) is 2. The first-order chi connectivity index (χ1) is 5.36. The van der Waals surface area contributed by atoms with Crippen LogP contribution in [0.5, 0.6) is 0 Å². The molecule has 1 N–H and O–H groups in total. The van der Waals surface area contributed by atoms with Gasteiger partial charge in [-0.3, -0.25) is 4.99 Å². The van der Waals surface area contributed by atoms with Crippen molar-refractivity contribution in [1.82, 2.24) is 0 Å². The third-order valence-corrected chi connectivity index (χ3v) is 1.86. The third kappa shape index (κ3) is 2.34. The molecule has 58 valence electrons. The second-order valence-corrected chi connectivity index (χ2v) is 2.87. The number of nitrogens with zero attached hydrogens (tertiary/aromatic N) is 1. The molecule has 4 heteroatoms. The summed E-state index contributed by atoms with van der Waals surface area (Å²) in [5.41, 5.74) is 2.13. The minimum atomic E-state index is -0.0927. The van der Waals surface area contributed by atoms with E-state index in [-0.39, 0.29) is 56.9 Å².